The van der Waals surface area contributed by atoms with Gasteiger partial charge in [0, 0.05) is 12.2 Å². The van der Waals surface area contributed by atoms with Crippen molar-refractivity contribution in [1.82, 2.24) is 3.96 Å². The molecule has 0 bridgehead atoms. The van der Waals surface area contributed by atoms with E-state index in [1.165, 1.54) is 23.7 Å². The van der Waals surface area contributed by atoms with E-state index in [2.05, 4.69) is 11.9 Å². The topological polar surface area (TPSA) is 43.6 Å². The zero-order valence-electron chi connectivity index (χ0n) is 16.9. The van der Waals surface area contributed by atoms with Gasteiger partial charge in [0.25, 0.3) is 5.91 Å². The van der Waals surface area contributed by atoms with Crippen LogP contribution in [0.2, 0.25) is 5.02 Å². The molecule has 9 heteroatoms. The quantitative estimate of drug-likeness (QED) is 0.420. The second-order valence-corrected chi connectivity index (χ2v) is 8.24. The van der Waals surface area contributed by atoms with E-state index < -0.39 is 11.7 Å². The standard InChI is InChI=1S/C22H20ClF3N2O2S/c1-3-12-28-14(2)20(23)21(31-28)27-19(29)13-15-4-8-17(9-5-15)30-18-10-6-16(7-11-18)22(24,25)26/h4-11H,3,12-13H2,1-2H3. The van der Waals surface area contributed by atoms with Crippen molar-refractivity contribution in [3.05, 3.63) is 75.0 Å². The first-order valence-electron chi connectivity index (χ1n) is 9.55. The largest absolute Gasteiger partial charge is 0.457 e. The molecule has 0 fully saturated rings. The average Bonchev–Trinajstić information content (AvgIpc) is 2.97. The van der Waals surface area contributed by atoms with E-state index in [9.17, 15) is 18.0 Å². The van der Waals surface area contributed by atoms with Gasteiger partial charge in [-0.1, -0.05) is 30.7 Å². The number of amides is 1. The molecule has 0 spiro atoms. The minimum absolute atomic E-state index is 0.0988. The van der Waals surface area contributed by atoms with Gasteiger partial charge in [-0.15, -0.1) is 0 Å². The molecule has 164 valence electrons. The summed E-state index contributed by atoms with van der Waals surface area (Å²) >= 11 is 7.66. The fourth-order valence-corrected chi connectivity index (χ4v) is 4.19. The Balaban J connectivity index is 1.65. The molecule has 31 heavy (non-hydrogen) atoms. The zero-order chi connectivity index (χ0) is 22.6. The Morgan fingerprint density at radius 2 is 1.68 bits per heavy atom. The summed E-state index contributed by atoms with van der Waals surface area (Å²) < 4.78 is 46.0. The molecule has 0 aliphatic rings. The number of aryl methyl sites for hydroxylation is 1. The maximum absolute atomic E-state index is 12.6. The summed E-state index contributed by atoms with van der Waals surface area (Å²) in [6, 6.07) is 11.2. The van der Waals surface area contributed by atoms with E-state index in [1.54, 1.807) is 24.3 Å². The molecule has 2 aromatic carbocycles. The molecule has 0 radical (unpaired) electrons. The number of ether oxygens (including phenoxy) is 1. The second-order valence-electron chi connectivity index (χ2n) is 6.85. The van der Waals surface area contributed by atoms with Gasteiger partial charge in [0.15, 0.2) is 4.67 Å². The molecule has 0 aliphatic heterocycles. The molecule has 3 aromatic rings. The molecule has 1 amide bonds. The Hall–Kier alpha value is -2.58. The number of aromatic nitrogens is 1. The van der Waals surface area contributed by atoms with Crippen LogP contribution in [0.3, 0.4) is 0 Å². The summed E-state index contributed by atoms with van der Waals surface area (Å²) in [4.78, 5) is 16.5. The number of halogens is 4. The minimum atomic E-state index is -4.39. The van der Waals surface area contributed by atoms with Gasteiger partial charge >= 0.3 is 6.18 Å². The SMILES string of the molecule is CCCn1sc(=NC(=O)Cc2ccc(Oc3ccc(C(F)(F)F)cc3)cc2)c(Cl)c1C. The van der Waals surface area contributed by atoms with Crippen molar-refractivity contribution in [2.24, 2.45) is 4.99 Å². The Morgan fingerprint density at radius 3 is 2.23 bits per heavy atom. The van der Waals surface area contributed by atoms with Crippen molar-refractivity contribution in [3.8, 4) is 11.5 Å². The third kappa shape index (κ3) is 5.98. The van der Waals surface area contributed by atoms with Gasteiger partial charge in [0.2, 0.25) is 0 Å². The molecule has 0 saturated heterocycles. The van der Waals surface area contributed by atoms with Crippen LogP contribution in [-0.4, -0.2) is 9.86 Å². The summed E-state index contributed by atoms with van der Waals surface area (Å²) in [6.07, 6.45) is -3.34. The lowest BCUT2D eigenvalue weighted by atomic mass is 10.1. The molecule has 0 atom stereocenters. The fraction of sp³-hybridized carbons (Fsp3) is 0.273. The number of benzene rings is 2. The van der Waals surface area contributed by atoms with Gasteiger partial charge in [-0.05, 0) is 66.8 Å². The lowest BCUT2D eigenvalue weighted by molar-refractivity contribution is -0.137. The molecular formula is C22H20ClF3N2O2S. The highest BCUT2D eigenvalue weighted by molar-refractivity contribution is 7.04. The normalized spacial score (nSPS) is 12.3. The van der Waals surface area contributed by atoms with Crippen molar-refractivity contribution in [2.75, 3.05) is 0 Å². The molecule has 0 saturated carbocycles. The number of hydrogen-bond acceptors (Lipinski definition) is 3. The first-order chi connectivity index (χ1) is 14.7. The van der Waals surface area contributed by atoms with E-state index in [-0.39, 0.29) is 18.1 Å². The van der Waals surface area contributed by atoms with Crippen LogP contribution < -0.4 is 9.41 Å². The molecule has 4 nitrogen and oxygen atoms in total. The highest BCUT2D eigenvalue weighted by atomic mass is 35.5. The van der Waals surface area contributed by atoms with E-state index in [1.807, 2.05) is 10.9 Å². The third-order valence-electron chi connectivity index (χ3n) is 4.43. The van der Waals surface area contributed by atoms with Crippen molar-refractivity contribution in [1.29, 1.82) is 0 Å². The van der Waals surface area contributed by atoms with Crippen LogP contribution in [0.1, 0.15) is 30.2 Å². The number of carbonyl (C=O) groups excluding carboxylic acids is 1. The van der Waals surface area contributed by atoms with Crippen LogP contribution in [0, 0.1) is 6.92 Å². The van der Waals surface area contributed by atoms with Crippen molar-refractivity contribution < 1.29 is 22.7 Å². The number of alkyl halides is 3. The Morgan fingerprint density at radius 1 is 1.10 bits per heavy atom. The van der Waals surface area contributed by atoms with Crippen molar-refractivity contribution in [3.63, 3.8) is 0 Å². The van der Waals surface area contributed by atoms with E-state index in [0.717, 1.165) is 36.4 Å². The predicted octanol–water partition coefficient (Wildman–Crippen LogP) is 6.40. The minimum Gasteiger partial charge on any atom is -0.457 e. The van der Waals surface area contributed by atoms with Gasteiger partial charge in [0.1, 0.15) is 11.5 Å². The Bertz CT molecular complexity index is 1120. The van der Waals surface area contributed by atoms with Gasteiger partial charge < -0.3 is 4.74 Å². The number of rotatable bonds is 6. The highest BCUT2D eigenvalue weighted by Crippen LogP contribution is 2.31. The average molecular weight is 469 g/mol. The lowest BCUT2D eigenvalue weighted by Gasteiger charge is -2.09. The zero-order valence-corrected chi connectivity index (χ0v) is 18.4. The van der Waals surface area contributed by atoms with Crippen LogP contribution in [-0.2, 0) is 23.9 Å². The fourth-order valence-electron chi connectivity index (χ4n) is 2.81. The molecule has 0 aliphatic carbocycles. The number of hydrogen-bond donors (Lipinski definition) is 0. The van der Waals surface area contributed by atoms with E-state index in [4.69, 9.17) is 16.3 Å². The van der Waals surface area contributed by atoms with Crippen molar-refractivity contribution >= 4 is 29.0 Å². The summed E-state index contributed by atoms with van der Waals surface area (Å²) in [7, 11) is 0. The molecule has 1 heterocycles. The van der Waals surface area contributed by atoms with Crippen LogP contribution in [0.5, 0.6) is 11.5 Å². The second kappa shape index (κ2) is 9.70. The predicted molar refractivity (Wildman–Crippen MR) is 115 cm³/mol. The van der Waals surface area contributed by atoms with Gasteiger partial charge in [-0.25, -0.2) is 0 Å². The van der Waals surface area contributed by atoms with E-state index >= 15 is 0 Å². The number of nitrogens with zero attached hydrogens (tertiary/aromatic N) is 2. The molecular weight excluding hydrogens is 449 g/mol. The van der Waals surface area contributed by atoms with Gasteiger partial charge in [0.05, 0.1) is 17.0 Å². The third-order valence-corrected chi connectivity index (χ3v) is 6.13. The van der Waals surface area contributed by atoms with Crippen molar-refractivity contribution in [2.45, 2.75) is 39.4 Å². The molecule has 1 aromatic heterocycles. The molecule has 0 unspecified atom stereocenters. The number of carbonyl (C=O) groups is 1. The monoisotopic (exact) mass is 468 g/mol. The van der Waals surface area contributed by atoms with Gasteiger partial charge in [-0.2, -0.15) is 18.2 Å². The first-order valence-corrected chi connectivity index (χ1v) is 10.7. The van der Waals surface area contributed by atoms with E-state index in [0.29, 0.717) is 15.4 Å². The highest BCUT2D eigenvalue weighted by Gasteiger charge is 2.30. The smallest absolute Gasteiger partial charge is 0.416 e. The molecule has 3 rings (SSSR count). The summed E-state index contributed by atoms with van der Waals surface area (Å²) in [6.45, 7) is 4.78. The van der Waals surface area contributed by atoms with Crippen LogP contribution in [0.4, 0.5) is 13.2 Å². The summed E-state index contributed by atoms with van der Waals surface area (Å²) in [5, 5.41) is 0.493. The summed E-state index contributed by atoms with van der Waals surface area (Å²) in [5.74, 6) is 0.420. The summed E-state index contributed by atoms with van der Waals surface area (Å²) in [5.41, 5.74) is 0.892. The Kier molecular flexibility index (Phi) is 7.23. The maximum Gasteiger partial charge on any atom is 0.416 e. The van der Waals surface area contributed by atoms with Crippen LogP contribution in [0.15, 0.2) is 53.5 Å². The molecule has 0 N–H and O–H groups in total. The maximum atomic E-state index is 12.6. The van der Waals surface area contributed by atoms with Gasteiger partial charge in [-0.3, -0.25) is 8.75 Å². The first kappa shape index (κ1) is 23.1. The van der Waals surface area contributed by atoms with Crippen LogP contribution >= 0.6 is 23.1 Å². The van der Waals surface area contributed by atoms with Crippen LogP contribution in [0.25, 0.3) is 0 Å². The lowest BCUT2D eigenvalue weighted by Crippen LogP contribution is -2.06. The Labute approximate surface area is 186 Å².